The van der Waals surface area contributed by atoms with Crippen molar-refractivity contribution in [2.45, 2.75) is 5.92 Å². The number of benzene rings is 1. The maximum Gasteiger partial charge on any atom is 0.247 e. The van der Waals surface area contributed by atoms with Crippen LogP contribution in [0.4, 0.5) is 0 Å². The average Bonchev–Trinajstić information content (AvgIpc) is 2.50. The van der Waals surface area contributed by atoms with E-state index in [0.717, 1.165) is 10.0 Å². The lowest BCUT2D eigenvalue weighted by molar-refractivity contribution is -0.116. The van der Waals surface area contributed by atoms with Crippen molar-refractivity contribution in [3.05, 3.63) is 46.5 Å². The predicted molar refractivity (Wildman–Crippen MR) is 59.0 cm³/mol. The van der Waals surface area contributed by atoms with E-state index in [1.165, 1.54) is 0 Å². The Morgan fingerprint density at radius 3 is 2.50 bits per heavy atom. The summed E-state index contributed by atoms with van der Waals surface area (Å²) in [6.45, 7) is 4.46. The van der Waals surface area contributed by atoms with Gasteiger partial charge < -0.3 is 5.32 Å². The lowest BCUT2D eigenvalue weighted by Gasteiger charge is -2.08. The molecule has 1 aromatic carbocycles. The minimum absolute atomic E-state index is 0.0297. The van der Waals surface area contributed by atoms with E-state index in [1.807, 2.05) is 24.3 Å². The van der Waals surface area contributed by atoms with Crippen molar-refractivity contribution in [3.8, 4) is 0 Å². The third kappa shape index (κ3) is 1.60. The molecule has 0 radical (unpaired) electrons. The second-order valence-corrected chi connectivity index (χ2v) is 4.26. The van der Waals surface area contributed by atoms with Crippen LogP contribution in [0.1, 0.15) is 11.5 Å². The number of halogens is 1. The molecule has 0 aromatic heterocycles. The maximum atomic E-state index is 11.2. The van der Waals surface area contributed by atoms with Gasteiger partial charge in [-0.3, -0.25) is 4.79 Å². The Kier molecular flexibility index (Phi) is 2.42. The lowest BCUT2D eigenvalue weighted by atomic mass is 9.95. The molecule has 1 aliphatic heterocycles. The number of carbonyl (C=O) groups excluding carboxylic acids is 1. The van der Waals surface area contributed by atoms with Crippen LogP contribution in [0, 0.1) is 0 Å². The number of hydrogen-bond donors (Lipinski definition) is 1. The monoisotopic (exact) mass is 251 g/mol. The number of amides is 1. The van der Waals surface area contributed by atoms with Gasteiger partial charge in [-0.05, 0) is 17.7 Å². The molecule has 2 nitrogen and oxygen atoms in total. The first-order valence-electron chi connectivity index (χ1n) is 4.41. The lowest BCUT2D eigenvalue weighted by Crippen LogP contribution is -2.14. The first-order valence-corrected chi connectivity index (χ1v) is 5.20. The Hall–Kier alpha value is -1.09. The summed E-state index contributed by atoms with van der Waals surface area (Å²) in [6, 6.07) is 7.98. The first kappa shape index (κ1) is 9.46. The molecular weight excluding hydrogens is 242 g/mol. The van der Waals surface area contributed by atoms with Crippen molar-refractivity contribution in [1.29, 1.82) is 0 Å². The molecule has 14 heavy (non-hydrogen) atoms. The molecule has 0 saturated carbocycles. The molecule has 1 aromatic rings. The Balaban J connectivity index is 2.28. The third-order valence-corrected chi connectivity index (χ3v) is 2.98. The number of carbonyl (C=O) groups is 1. The molecule has 1 fully saturated rings. The number of hydrogen-bond acceptors (Lipinski definition) is 1. The first-order chi connectivity index (χ1) is 6.68. The normalized spacial score (nSPS) is 21.1. The molecule has 72 valence electrons. The summed E-state index contributed by atoms with van der Waals surface area (Å²) in [6.07, 6.45) is 0. The van der Waals surface area contributed by atoms with Gasteiger partial charge >= 0.3 is 0 Å². The number of rotatable bonds is 1. The van der Waals surface area contributed by atoms with Crippen molar-refractivity contribution in [3.63, 3.8) is 0 Å². The third-order valence-electron chi connectivity index (χ3n) is 2.45. The van der Waals surface area contributed by atoms with E-state index < -0.39 is 0 Å². The van der Waals surface area contributed by atoms with Crippen LogP contribution in [0.5, 0.6) is 0 Å². The zero-order valence-corrected chi connectivity index (χ0v) is 9.17. The van der Waals surface area contributed by atoms with Crippen molar-refractivity contribution >= 4 is 21.8 Å². The van der Waals surface area contributed by atoms with Gasteiger partial charge in [0.1, 0.15) is 0 Å². The van der Waals surface area contributed by atoms with Gasteiger partial charge in [-0.15, -0.1) is 0 Å². The summed E-state index contributed by atoms with van der Waals surface area (Å²) in [5, 5.41) is 2.78. The van der Waals surface area contributed by atoms with Crippen LogP contribution in [-0.4, -0.2) is 12.5 Å². The van der Waals surface area contributed by atoms with Crippen LogP contribution in [0.2, 0.25) is 0 Å². The summed E-state index contributed by atoms with van der Waals surface area (Å²) in [5.74, 6) is 0.105. The molecule has 0 spiro atoms. The molecule has 1 amide bonds. The van der Waals surface area contributed by atoms with Crippen LogP contribution < -0.4 is 5.32 Å². The molecule has 2 rings (SSSR count). The van der Waals surface area contributed by atoms with Gasteiger partial charge in [0.05, 0.1) is 0 Å². The fourth-order valence-electron chi connectivity index (χ4n) is 1.60. The largest absolute Gasteiger partial charge is 0.351 e. The smallest absolute Gasteiger partial charge is 0.247 e. The second-order valence-electron chi connectivity index (χ2n) is 3.34. The van der Waals surface area contributed by atoms with Gasteiger partial charge in [0.25, 0.3) is 0 Å². The highest BCUT2D eigenvalue weighted by atomic mass is 79.9. The van der Waals surface area contributed by atoms with Crippen LogP contribution in [-0.2, 0) is 4.79 Å². The molecule has 0 aliphatic carbocycles. The van der Waals surface area contributed by atoms with Gasteiger partial charge in [-0.2, -0.15) is 0 Å². The van der Waals surface area contributed by atoms with E-state index in [-0.39, 0.29) is 11.8 Å². The van der Waals surface area contributed by atoms with E-state index in [4.69, 9.17) is 0 Å². The molecule has 0 bridgehead atoms. The fraction of sp³-hybridized carbons (Fsp3) is 0.182. The highest BCUT2D eigenvalue weighted by molar-refractivity contribution is 9.10. The SMILES string of the molecule is C=C1C(=O)NCC1c1ccc(Br)cc1. The van der Waals surface area contributed by atoms with Crippen molar-refractivity contribution in [2.24, 2.45) is 0 Å². The van der Waals surface area contributed by atoms with Crippen molar-refractivity contribution in [2.75, 3.05) is 6.54 Å². The standard InChI is InChI=1S/C11H10BrNO/c1-7-10(6-13-11(7)14)8-2-4-9(12)5-3-8/h2-5,10H,1,6H2,(H,13,14). The minimum Gasteiger partial charge on any atom is -0.351 e. The summed E-state index contributed by atoms with van der Waals surface area (Å²) in [5.41, 5.74) is 1.80. The van der Waals surface area contributed by atoms with E-state index in [1.54, 1.807) is 0 Å². The summed E-state index contributed by atoms with van der Waals surface area (Å²) >= 11 is 3.38. The highest BCUT2D eigenvalue weighted by Crippen LogP contribution is 2.27. The molecule has 3 heteroatoms. The Bertz CT molecular complexity index is 383. The molecular formula is C11H10BrNO. The quantitative estimate of drug-likeness (QED) is 0.763. The van der Waals surface area contributed by atoms with Crippen LogP contribution >= 0.6 is 15.9 Å². The Labute approximate surface area is 91.1 Å². The van der Waals surface area contributed by atoms with E-state index in [2.05, 4.69) is 27.8 Å². The molecule has 1 atom stereocenters. The minimum atomic E-state index is -0.0297. The molecule has 1 saturated heterocycles. The van der Waals surface area contributed by atoms with Crippen LogP contribution in [0.3, 0.4) is 0 Å². The molecule has 1 aliphatic rings. The Morgan fingerprint density at radius 2 is 2.00 bits per heavy atom. The van der Waals surface area contributed by atoms with Crippen LogP contribution in [0.15, 0.2) is 40.9 Å². The molecule has 1 N–H and O–H groups in total. The van der Waals surface area contributed by atoms with Gasteiger partial charge in [-0.25, -0.2) is 0 Å². The van der Waals surface area contributed by atoms with E-state index >= 15 is 0 Å². The summed E-state index contributed by atoms with van der Waals surface area (Å²) in [4.78, 5) is 11.2. The molecule has 1 unspecified atom stereocenters. The van der Waals surface area contributed by atoms with Gasteiger partial charge in [0.2, 0.25) is 5.91 Å². The predicted octanol–water partition coefficient (Wildman–Crippen LogP) is 2.22. The average molecular weight is 252 g/mol. The Morgan fingerprint density at radius 1 is 1.36 bits per heavy atom. The number of nitrogens with one attached hydrogen (secondary N) is 1. The fourth-order valence-corrected chi connectivity index (χ4v) is 1.87. The highest BCUT2D eigenvalue weighted by Gasteiger charge is 2.27. The molecule has 1 heterocycles. The van der Waals surface area contributed by atoms with Crippen molar-refractivity contribution in [1.82, 2.24) is 5.32 Å². The summed E-state index contributed by atoms with van der Waals surface area (Å²) < 4.78 is 1.05. The van der Waals surface area contributed by atoms with Gasteiger partial charge in [0, 0.05) is 22.5 Å². The van der Waals surface area contributed by atoms with E-state index in [0.29, 0.717) is 12.1 Å². The van der Waals surface area contributed by atoms with E-state index in [9.17, 15) is 4.79 Å². The zero-order chi connectivity index (χ0) is 10.1. The van der Waals surface area contributed by atoms with Crippen molar-refractivity contribution < 1.29 is 4.79 Å². The maximum absolute atomic E-state index is 11.2. The summed E-state index contributed by atoms with van der Waals surface area (Å²) in [7, 11) is 0. The topological polar surface area (TPSA) is 29.1 Å². The van der Waals surface area contributed by atoms with Crippen LogP contribution in [0.25, 0.3) is 0 Å². The van der Waals surface area contributed by atoms with Gasteiger partial charge in [-0.1, -0.05) is 34.6 Å². The van der Waals surface area contributed by atoms with Gasteiger partial charge in [0.15, 0.2) is 0 Å². The zero-order valence-electron chi connectivity index (χ0n) is 7.59. The second kappa shape index (κ2) is 3.58.